The van der Waals surface area contributed by atoms with Crippen LogP contribution >= 0.6 is 69.6 Å². The number of fused-ring (bicyclic) bond motifs is 2. The number of hydrogen-bond acceptors (Lipinski definition) is 3. The van der Waals surface area contributed by atoms with E-state index >= 15 is 0 Å². The van der Waals surface area contributed by atoms with E-state index in [2.05, 4.69) is 5.32 Å². The molecule has 0 aliphatic heterocycles. The first-order chi connectivity index (χ1) is 12.9. The summed E-state index contributed by atoms with van der Waals surface area (Å²) in [5, 5.41) is 11.8. The van der Waals surface area contributed by atoms with E-state index in [9.17, 15) is 14.7 Å². The molecule has 5 nitrogen and oxygen atoms in total. The fourth-order valence-electron chi connectivity index (χ4n) is 3.65. The van der Waals surface area contributed by atoms with Crippen LogP contribution in [0.3, 0.4) is 0 Å². The molecule has 0 aromatic heterocycles. The third kappa shape index (κ3) is 2.74. The first-order valence-corrected chi connectivity index (χ1v) is 10.3. The molecule has 1 saturated carbocycles. The summed E-state index contributed by atoms with van der Waals surface area (Å²) in [4.78, 5) is 20.9. The monoisotopic (exact) mass is 505 g/mol. The quantitative estimate of drug-likeness (QED) is 0.538. The molecule has 2 aliphatic carbocycles. The molecule has 0 unspecified atom stereocenters. The highest BCUT2D eigenvalue weighted by Crippen LogP contribution is 2.76. The summed E-state index contributed by atoms with van der Waals surface area (Å²) in [6, 6.07) is 6.46. The van der Waals surface area contributed by atoms with Crippen molar-refractivity contribution in [1.29, 1.82) is 0 Å². The zero-order valence-corrected chi connectivity index (χ0v) is 18.6. The molecular formula is C17H13Cl6NO4. The number of alkyl halides is 4. The summed E-state index contributed by atoms with van der Waals surface area (Å²) >= 11 is 38.2. The van der Waals surface area contributed by atoms with Gasteiger partial charge in [0.2, 0.25) is 5.91 Å². The number of nitrogens with one attached hydrogen (secondary N) is 1. The third-order valence-electron chi connectivity index (χ3n) is 4.92. The van der Waals surface area contributed by atoms with E-state index in [0.717, 1.165) is 0 Å². The number of carbonyl (C=O) groups is 2. The number of halogens is 6. The standard InChI is InChI=1S/C17H13Cl6NO4/c1-2-28-8-5-3-7(4-6-8)24-13(25)9-10(14(26)27)16(21)12(19)11(18)15(9,20)17(16,22)23/h3-6,9-10H,2H2,1H3,(H,24,25)(H,26,27)/t9-,10-,15+,16+/m0/s1. The predicted octanol–water partition coefficient (Wildman–Crippen LogP) is 5.19. The fraction of sp³-hybridized carbons (Fsp3) is 0.412. The number of allylic oxidation sites excluding steroid dienone is 2. The van der Waals surface area contributed by atoms with Crippen molar-refractivity contribution in [2.24, 2.45) is 11.8 Å². The summed E-state index contributed by atoms with van der Waals surface area (Å²) in [6.07, 6.45) is 0. The maximum atomic E-state index is 13.0. The van der Waals surface area contributed by atoms with Gasteiger partial charge in [-0.1, -0.05) is 46.4 Å². The number of rotatable bonds is 5. The summed E-state index contributed by atoms with van der Waals surface area (Å²) in [5.74, 6) is -4.69. The Balaban J connectivity index is 2.00. The molecule has 0 spiro atoms. The van der Waals surface area contributed by atoms with Gasteiger partial charge in [-0.05, 0) is 31.2 Å². The van der Waals surface area contributed by atoms with Gasteiger partial charge in [0.05, 0.1) is 28.5 Å². The molecule has 2 aliphatic rings. The largest absolute Gasteiger partial charge is 0.494 e. The maximum absolute atomic E-state index is 13.0. The smallest absolute Gasteiger partial charge is 0.309 e. The SMILES string of the molecule is CCOc1ccc(NC(=O)[C@@H]2[C@@H](C(=O)O)[C@@]3(Cl)C(Cl)=C(Cl)[C@@]2(Cl)C3(Cl)Cl)cc1. The number of ether oxygens (including phenoxy) is 1. The Labute approximate surface area is 190 Å². The van der Waals surface area contributed by atoms with Gasteiger partial charge in [0, 0.05) is 5.69 Å². The molecule has 152 valence electrons. The van der Waals surface area contributed by atoms with Gasteiger partial charge in [0.25, 0.3) is 0 Å². The first kappa shape index (κ1) is 22.1. The summed E-state index contributed by atoms with van der Waals surface area (Å²) < 4.78 is 3.20. The Bertz CT molecular complexity index is 873. The van der Waals surface area contributed by atoms with Gasteiger partial charge in [-0.15, -0.1) is 23.2 Å². The molecule has 0 saturated heterocycles. The molecule has 0 heterocycles. The Morgan fingerprint density at radius 2 is 1.54 bits per heavy atom. The number of anilines is 1. The van der Waals surface area contributed by atoms with Crippen LogP contribution in [0.25, 0.3) is 0 Å². The van der Waals surface area contributed by atoms with Crippen molar-refractivity contribution in [2.75, 3.05) is 11.9 Å². The van der Waals surface area contributed by atoms with E-state index < -0.39 is 37.8 Å². The minimum absolute atomic E-state index is 0.250. The molecule has 3 rings (SSSR count). The van der Waals surface area contributed by atoms with E-state index in [1.165, 1.54) is 0 Å². The van der Waals surface area contributed by atoms with E-state index in [0.29, 0.717) is 18.0 Å². The number of carboxylic acid groups (broad SMARTS) is 1. The highest BCUT2D eigenvalue weighted by atomic mass is 35.5. The Hall–Kier alpha value is -0.560. The van der Waals surface area contributed by atoms with Gasteiger partial charge in [-0.2, -0.15) is 0 Å². The van der Waals surface area contributed by atoms with Crippen LogP contribution in [0.4, 0.5) is 5.69 Å². The second-order valence-corrected chi connectivity index (χ2v) is 9.64. The topological polar surface area (TPSA) is 75.6 Å². The third-order valence-corrected chi connectivity index (χ3v) is 9.18. The Kier molecular flexibility index (Phi) is 5.76. The van der Waals surface area contributed by atoms with Crippen LogP contribution in [0.2, 0.25) is 0 Å². The Morgan fingerprint density at radius 3 is 2.00 bits per heavy atom. The minimum Gasteiger partial charge on any atom is -0.494 e. The number of carbonyl (C=O) groups excluding carboxylic acids is 1. The average Bonchev–Trinajstić information content (AvgIpc) is 2.83. The number of carboxylic acids is 1. The highest BCUT2D eigenvalue weighted by Gasteiger charge is 2.85. The van der Waals surface area contributed by atoms with Crippen LogP contribution in [-0.4, -0.2) is 37.7 Å². The van der Waals surface area contributed by atoms with Gasteiger partial charge < -0.3 is 15.2 Å². The van der Waals surface area contributed by atoms with E-state index in [1.54, 1.807) is 24.3 Å². The van der Waals surface area contributed by atoms with Crippen LogP contribution in [0.15, 0.2) is 34.3 Å². The van der Waals surface area contributed by atoms with Crippen molar-refractivity contribution in [3.05, 3.63) is 34.3 Å². The lowest BCUT2D eigenvalue weighted by molar-refractivity contribution is -0.146. The first-order valence-electron chi connectivity index (χ1n) is 8.03. The molecule has 11 heteroatoms. The second kappa shape index (κ2) is 7.29. The lowest BCUT2D eigenvalue weighted by atomic mass is 9.81. The summed E-state index contributed by atoms with van der Waals surface area (Å²) in [7, 11) is 0. The van der Waals surface area contributed by atoms with Crippen LogP contribution in [0.5, 0.6) is 5.75 Å². The van der Waals surface area contributed by atoms with Crippen molar-refractivity contribution in [2.45, 2.75) is 21.0 Å². The van der Waals surface area contributed by atoms with Gasteiger partial charge >= 0.3 is 5.97 Å². The summed E-state index contributed by atoms with van der Waals surface area (Å²) in [6.45, 7) is 2.32. The molecule has 1 aromatic rings. The second-order valence-electron chi connectivity index (χ2n) is 6.37. The number of aliphatic carboxylic acids is 1. The molecule has 1 aromatic carbocycles. The number of hydrogen-bond donors (Lipinski definition) is 2. The molecule has 28 heavy (non-hydrogen) atoms. The van der Waals surface area contributed by atoms with Gasteiger partial charge in [0.1, 0.15) is 15.5 Å². The molecule has 1 fully saturated rings. The van der Waals surface area contributed by atoms with Gasteiger partial charge in [-0.3, -0.25) is 9.59 Å². The number of benzene rings is 1. The summed E-state index contributed by atoms with van der Waals surface area (Å²) in [5.41, 5.74) is 0.380. The van der Waals surface area contributed by atoms with Crippen LogP contribution in [0, 0.1) is 11.8 Å². The lowest BCUT2D eigenvalue weighted by Crippen LogP contribution is -2.47. The lowest BCUT2D eigenvalue weighted by Gasteiger charge is -2.33. The molecular weight excluding hydrogens is 495 g/mol. The van der Waals surface area contributed by atoms with E-state index in [4.69, 9.17) is 74.3 Å². The van der Waals surface area contributed by atoms with Gasteiger partial charge in [-0.25, -0.2) is 0 Å². The van der Waals surface area contributed by atoms with Crippen molar-refractivity contribution < 1.29 is 19.4 Å². The normalized spacial score (nSPS) is 33.1. The van der Waals surface area contributed by atoms with Crippen LogP contribution < -0.4 is 10.1 Å². The zero-order chi connectivity index (χ0) is 21.1. The average molecular weight is 508 g/mol. The van der Waals surface area contributed by atoms with Crippen LogP contribution in [0.1, 0.15) is 6.92 Å². The van der Waals surface area contributed by atoms with Crippen molar-refractivity contribution in [3.8, 4) is 5.75 Å². The van der Waals surface area contributed by atoms with Crippen LogP contribution in [-0.2, 0) is 9.59 Å². The molecule has 1 amide bonds. The number of amides is 1. The van der Waals surface area contributed by atoms with Crippen molar-refractivity contribution >= 4 is 87.2 Å². The molecule has 2 bridgehead atoms. The van der Waals surface area contributed by atoms with E-state index in [-0.39, 0.29) is 10.1 Å². The molecule has 2 N–H and O–H groups in total. The molecule has 0 radical (unpaired) electrons. The van der Waals surface area contributed by atoms with Gasteiger partial charge in [0.15, 0.2) is 4.33 Å². The van der Waals surface area contributed by atoms with E-state index in [1.807, 2.05) is 6.92 Å². The fourth-order valence-corrected chi connectivity index (χ4v) is 6.58. The van der Waals surface area contributed by atoms with Crippen molar-refractivity contribution in [3.63, 3.8) is 0 Å². The van der Waals surface area contributed by atoms with Crippen molar-refractivity contribution in [1.82, 2.24) is 0 Å². The Morgan fingerprint density at radius 1 is 1.04 bits per heavy atom. The minimum atomic E-state index is -2.14. The predicted molar refractivity (Wildman–Crippen MR) is 111 cm³/mol. The molecule has 4 atom stereocenters. The highest BCUT2D eigenvalue weighted by molar-refractivity contribution is 6.66. The maximum Gasteiger partial charge on any atom is 0.309 e. The zero-order valence-electron chi connectivity index (χ0n) is 14.1.